The van der Waals surface area contributed by atoms with E-state index in [4.69, 9.17) is 19.4 Å². The Balaban J connectivity index is 2.22. The minimum absolute atomic E-state index is 0.0865. The second kappa shape index (κ2) is 5.34. The van der Waals surface area contributed by atoms with Crippen molar-refractivity contribution in [2.45, 2.75) is 46.3 Å². The minimum atomic E-state index is -0.824. The molecule has 1 atom stereocenters. The van der Waals surface area contributed by atoms with Gasteiger partial charge in [-0.15, -0.1) is 0 Å². The fraction of sp³-hybridized carbons (Fsp3) is 0.615. The summed E-state index contributed by atoms with van der Waals surface area (Å²) in [6, 6.07) is 0. The number of nitrogens with two attached hydrogens (primary N) is 1. The summed E-state index contributed by atoms with van der Waals surface area (Å²) in [6.45, 7) is 9.56. The second-order valence-corrected chi connectivity index (χ2v) is 5.35. The second-order valence-electron chi connectivity index (χ2n) is 5.35. The van der Waals surface area contributed by atoms with Gasteiger partial charge in [0.15, 0.2) is 11.7 Å². The molecule has 0 bridgehead atoms. The Kier molecular flexibility index (Phi) is 3.92. The number of nitrogens with zero attached hydrogens (tertiary/aromatic N) is 3. The molecule has 0 saturated carbocycles. The van der Waals surface area contributed by atoms with Crippen molar-refractivity contribution >= 4 is 0 Å². The van der Waals surface area contributed by atoms with Crippen LogP contribution in [0.2, 0.25) is 0 Å². The Morgan fingerprint density at radius 3 is 2.55 bits per heavy atom. The average Bonchev–Trinajstić information content (AvgIpc) is 2.93. The van der Waals surface area contributed by atoms with Gasteiger partial charge in [-0.05, 0) is 27.7 Å². The quantitative estimate of drug-likeness (QED) is 0.893. The van der Waals surface area contributed by atoms with Gasteiger partial charge in [0.25, 0.3) is 5.89 Å². The largest absolute Gasteiger partial charge is 0.436 e. The van der Waals surface area contributed by atoms with Crippen molar-refractivity contribution in [1.82, 2.24) is 15.1 Å². The van der Waals surface area contributed by atoms with Crippen molar-refractivity contribution in [3.05, 3.63) is 17.4 Å². The van der Waals surface area contributed by atoms with E-state index in [1.165, 1.54) is 0 Å². The molecule has 2 heterocycles. The lowest BCUT2D eigenvalue weighted by Crippen LogP contribution is -2.40. The Morgan fingerprint density at radius 1 is 1.30 bits per heavy atom. The zero-order chi connectivity index (χ0) is 14.9. The topological polar surface area (TPSA) is 100 Å². The standard InChI is InChI=1S/C13H20N4O3/c1-7(2)18-6-13(5,14)12-16-11(20-17-12)10-8(3)15-9(4)19-10/h7H,6,14H2,1-5H3. The molecule has 0 amide bonds. The summed E-state index contributed by atoms with van der Waals surface area (Å²) in [5.74, 6) is 1.68. The molecule has 7 heteroatoms. The molecule has 2 N–H and O–H groups in total. The number of hydrogen-bond donors (Lipinski definition) is 1. The van der Waals surface area contributed by atoms with E-state index in [1.807, 2.05) is 20.8 Å². The average molecular weight is 280 g/mol. The molecule has 110 valence electrons. The van der Waals surface area contributed by atoms with Crippen molar-refractivity contribution < 1.29 is 13.7 Å². The normalized spacial score (nSPS) is 14.8. The van der Waals surface area contributed by atoms with Crippen LogP contribution in [-0.4, -0.2) is 27.8 Å². The van der Waals surface area contributed by atoms with E-state index < -0.39 is 5.54 Å². The fourth-order valence-electron chi connectivity index (χ4n) is 1.68. The summed E-state index contributed by atoms with van der Waals surface area (Å²) in [5, 5.41) is 3.91. The molecule has 0 aliphatic heterocycles. The smallest absolute Gasteiger partial charge is 0.295 e. The zero-order valence-corrected chi connectivity index (χ0v) is 12.4. The summed E-state index contributed by atoms with van der Waals surface area (Å²) in [7, 11) is 0. The van der Waals surface area contributed by atoms with Gasteiger partial charge < -0.3 is 19.4 Å². The first-order chi connectivity index (χ1) is 9.29. The SMILES string of the molecule is Cc1nc(C)c(-c2nc(C(C)(N)COC(C)C)no2)o1. The van der Waals surface area contributed by atoms with Gasteiger partial charge in [0.2, 0.25) is 5.76 Å². The predicted octanol–water partition coefficient (Wildman–Crippen LogP) is 1.94. The number of oxazole rings is 1. The first-order valence-electron chi connectivity index (χ1n) is 6.48. The van der Waals surface area contributed by atoms with Crippen LogP contribution in [0.4, 0.5) is 0 Å². The van der Waals surface area contributed by atoms with Gasteiger partial charge in [-0.25, -0.2) is 4.98 Å². The van der Waals surface area contributed by atoms with Crippen molar-refractivity contribution in [1.29, 1.82) is 0 Å². The molecular weight excluding hydrogens is 260 g/mol. The third-order valence-corrected chi connectivity index (χ3v) is 2.75. The molecule has 0 saturated heterocycles. The number of hydrogen-bond acceptors (Lipinski definition) is 7. The molecule has 0 radical (unpaired) electrons. The number of ether oxygens (including phenoxy) is 1. The van der Waals surface area contributed by atoms with Crippen LogP contribution >= 0.6 is 0 Å². The van der Waals surface area contributed by atoms with Gasteiger partial charge in [0.05, 0.1) is 18.4 Å². The molecule has 2 aromatic rings. The summed E-state index contributed by atoms with van der Waals surface area (Å²) in [6.07, 6.45) is 0.0865. The highest BCUT2D eigenvalue weighted by molar-refractivity contribution is 5.47. The van der Waals surface area contributed by atoms with Crippen molar-refractivity contribution in [2.24, 2.45) is 5.73 Å². The van der Waals surface area contributed by atoms with Crippen molar-refractivity contribution in [3.63, 3.8) is 0 Å². The number of rotatable bonds is 5. The minimum Gasteiger partial charge on any atom is -0.436 e. The van der Waals surface area contributed by atoms with E-state index in [0.29, 0.717) is 29.8 Å². The van der Waals surface area contributed by atoms with Crippen LogP contribution in [0.25, 0.3) is 11.7 Å². The molecule has 0 spiro atoms. The van der Waals surface area contributed by atoms with E-state index in [9.17, 15) is 0 Å². The lowest BCUT2D eigenvalue weighted by Gasteiger charge is -2.21. The summed E-state index contributed by atoms with van der Waals surface area (Å²) in [4.78, 5) is 8.46. The molecule has 0 aliphatic carbocycles. The summed E-state index contributed by atoms with van der Waals surface area (Å²) < 4.78 is 16.2. The van der Waals surface area contributed by atoms with Gasteiger partial charge in [-0.1, -0.05) is 5.16 Å². The Hall–Kier alpha value is -1.73. The molecule has 0 fully saturated rings. The van der Waals surface area contributed by atoms with E-state index >= 15 is 0 Å². The van der Waals surface area contributed by atoms with E-state index in [2.05, 4.69) is 15.1 Å². The van der Waals surface area contributed by atoms with Crippen LogP contribution in [0.1, 0.15) is 38.2 Å². The lowest BCUT2D eigenvalue weighted by molar-refractivity contribution is 0.0410. The van der Waals surface area contributed by atoms with E-state index in [0.717, 1.165) is 0 Å². The van der Waals surface area contributed by atoms with Crippen LogP contribution in [0, 0.1) is 13.8 Å². The molecule has 0 aliphatic rings. The lowest BCUT2D eigenvalue weighted by atomic mass is 10.1. The monoisotopic (exact) mass is 280 g/mol. The van der Waals surface area contributed by atoms with Gasteiger partial charge >= 0.3 is 0 Å². The van der Waals surface area contributed by atoms with Gasteiger partial charge in [0.1, 0.15) is 5.54 Å². The Morgan fingerprint density at radius 2 is 2.00 bits per heavy atom. The van der Waals surface area contributed by atoms with Crippen molar-refractivity contribution in [2.75, 3.05) is 6.61 Å². The fourth-order valence-corrected chi connectivity index (χ4v) is 1.68. The predicted molar refractivity (Wildman–Crippen MR) is 71.9 cm³/mol. The molecule has 2 aromatic heterocycles. The third-order valence-electron chi connectivity index (χ3n) is 2.75. The highest BCUT2D eigenvalue weighted by Gasteiger charge is 2.29. The highest BCUT2D eigenvalue weighted by Crippen LogP contribution is 2.25. The number of aromatic nitrogens is 3. The maximum absolute atomic E-state index is 6.16. The molecule has 20 heavy (non-hydrogen) atoms. The van der Waals surface area contributed by atoms with Gasteiger partial charge in [0, 0.05) is 6.92 Å². The molecule has 7 nitrogen and oxygen atoms in total. The summed E-state index contributed by atoms with van der Waals surface area (Å²) >= 11 is 0. The highest BCUT2D eigenvalue weighted by atomic mass is 16.5. The van der Waals surface area contributed by atoms with Crippen LogP contribution in [0.15, 0.2) is 8.94 Å². The van der Waals surface area contributed by atoms with Crippen LogP contribution in [0.5, 0.6) is 0 Å². The summed E-state index contributed by atoms with van der Waals surface area (Å²) in [5.41, 5.74) is 6.04. The number of aryl methyl sites for hydroxylation is 2. The molecule has 1 unspecified atom stereocenters. The Bertz CT molecular complexity index is 586. The maximum Gasteiger partial charge on any atom is 0.295 e. The first kappa shape index (κ1) is 14.7. The van der Waals surface area contributed by atoms with E-state index in [1.54, 1.807) is 13.8 Å². The Labute approximate surface area is 117 Å². The van der Waals surface area contributed by atoms with Crippen LogP contribution in [-0.2, 0) is 10.3 Å². The van der Waals surface area contributed by atoms with Crippen LogP contribution < -0.4 is 5.73 Å². The van der Waals surface area contributed by atoms with Crippen molar-refractivity contribution in [3.8, 4) is 11.7 Å². The van der Waals surface area contributed by atoms with Crippen LogP contribution in [0.3, 0.4) is 0 Å². The van der Waals surface area contributed by atoms with E-state index in [-0.39, 0.29) is 12.0 Å². The first-order valence-corrected chi connectivity index (χ1v) is 6.48. The molecular formula is C13H20N4O3. The maximum atomic E-state index is 6.16. The zero-order valence-electron chi connectivity index (χ0n) is 12.4. The third kappa shape index (κ3) is 3.05. The van der Waals surface area contributed by atoms with Gasteiger partial charge in [-0.3, -0.25) is 0 Å². The molecule has 2 rings (SSSR count). The molecule has 0 aromatic carbocycles. The van der Waals surface area contributed by atoms with Gasteiger partial charge in [-0.2, -0.15) is 4.98 Å².